The van der Waals surface area contributed by atoms with Crippen LogP contribution in [0.3, 0.4) is 0 Å². The lowest BCUT2D eigenvalue weighted by Crippen LogP contribution is -2.23. The molecule has 1 heterocycles. The van der Waals surface area contributed by atoms with Crippen LogP contribution in [0.4, 0.5) is 0 Å². The van der Waals surface area contributed by atoms with Crippen LogP contribution in [-0.2, 0) is 20.9 Å². The molecule has 1 aromatic carbocycles. The first kappa shape index (κ1) is 15.8. The van der Waals surface area contributed by atoms with Crippen molar-refractivity contribution < 1.29 is 18.7 Å². The number of ether oxygens (including phenoxy) is 1. The molecule has 1 N–H and O–H groups in total. The van der Waals surface area contributed by atoms with E-state index in [0.717, 1.165) is 10.9 Å². The molecule has 0 radical (unpaired) electrons. The normalized spacial score (nSPS) is 10.5. The summed E-state index contributed by atoms with van der Waals surface area (Å²) < 4.78 is 10.3. The van der Waals surface area contributed by atoms with Crippen LogP contribution in [0.15, 0.2) is 33.5 Å². The highest BCUT2D eigenvalue weighted by molar-refractivity contribution is 5.81. The predicted molar refractivity (Wildman–Crippen MR) is 80.3 cm³/mol. The lowest BCUT2D eigenvalue weighted by atomic mass is 10.1. The summed E-state index contributed by atoms with van der Waals surface area (Å²) in [6, 6.07) is 6.80. The van der Waals surface area contributed by atoms with Gasteiger partial charge in [0.25, 0.3) is 0 Å². The third-order valence-electron chi connectivity index (χ3n) is 3.08. The molecule has 0 fully saturated rings. The van der Waals surface area contributed by atoms with Crippen LogP contribution in [0.1, 0.15) is 24.5 Å². The first-order valence-corrected chi connectivity index (χ1v) is 6.89. The average molecular weight is 303 g/mol. The van der Waals surface area contributed by atoms with Crippen molar-refractivity contribution in [3.63, 3.8) is 0 Å². The molecule has 0 unspecified atom stereocenters. The Morgan fingerprint density at radius 2 is 2.05 bits per heavy atom. The SMILES string of the molecule is CC(=O)NCCC(=O)OCc1cc(=O)oc2cc(C)ccc12. The molecule has 0 saturated carbocycles. The van der Waals surface area contributed by atoms with Gasteiger partial charge in [0.05, 0.1) is 6.42 Å². The zero-order valence-electron chi connectivity index (χ0n) is 12.5. The van der Waals surface area contributed by atoms with Gasteiger partial charge in [-0.1, -0.05) is 12.1 Å². The van der Waals surface area contributed by atoms with E-state index in [4.69, 9.17) is 9.15 Å². The van der Waals surface area contributed by atoms with Crippen LogP contribution in [0.5, 0.6) is 0 Å². The fourth-order valence-corrected chi connectivity index (χ4v) is 2.03. The third kappa shape index (κ3) is 4.18. The Balaban J connectivity index is 2.07. The highest BCUT2D eigenvalue weighted by Crippen LogP contribution is 2.19. The van der Waals surface area contributed by atoms with Gasteiger partial charge in [-0.15, -0.1) is 0 Å². The van der Waals surface area contributed by atoms with E-state index in [1.165, 1.54) is 13.0 Å². The largest absolute Gasteiger partial charge is 0.461 e. The van der Waals surface area contributed by atoms with Crippen LogP contribution in [0.25, 0.3) is 11.0 Å². The maximum atomic E-state index is 11.6. The van der Waals surface area contributed by atoms with Crippen molar-refractivity contribution >= 4 is 22.8 Å². The van der Waals surface area contributed by atoms with Gasteiger partial charge in [-0.3, -0.25) is 9.59 Å². The van der Waals surface area contributed by atoms with Crippen molar-refractivity contribution in [2.75, 3.05) is 6.54 Å². The summed E-state index contributed by atoms with van der Waals surface area (Å²) in [7, 11) is 0. The molecular weight excluding hydrogens is 286 g/mol. The first-order chi connectivity index (χ1) is 10.5. The second kappa shape index (κ2) is 6.89. The molecular formula is C16H17NO5. The van der Waals surface area contributed by atoms with E-state index in [1.807, 2.05) is 19.1 Å². The zero-order valence-corrected chi connectivity index (χ0v) is 12.5. The molecule has 2 rings (SSSR count). The van der Waals surface area contributed by atoms with E-state index in [9.17, 15) is 14.4 Å². The fraction of sp³-hybridized carbons (Fsp3) is 0.312. The Morgan fingerprint density at radius 1 is 1.27 bits per heavy atom. The number of carbonyl (C=O) groups excluding carboxylic acids is 2. The molecule has 6 heteroatoms. The van der Waals surface area contributed by atoms with E-state index in [-0.39, 0.29) is 25.5 Å². The molecule has 1 aromatic heterocycles. The maximum Gasteiger partial charge on any atom is 0.336 e. The Hall–Kier alpha value is -2.63. The van der Waals surface area contributed by atoms with Crippen LogP contribution in [0, 0.1) is 6.92 Å². The number of fused-ring (bicyclic) bond motifs is 1. The Morgan fingerprint density at radius 3 is 2.77 bits per heavy atom. The van der Waals surface area contributed by atoms with Gasteiger partial charge >= 0.3 is 11.6 Å². The standard InChI is InChI=1S/C16H17NO5/c1-10-3-4-13-12(8-16(20)22-14(13)7-10)9-21-15(19)5-6-17-11(2)18/h3-4,7-8H,5-6,9H2,1-2H3,(H,17,18). The fourth-order valence-electron chi connectivity index (χ4n) is 2.03. The predicted octanol–water partition coefficient (Wildman–Crippen LogP) is 1.67. The number of rotatable bonds is 5. The molecule has 0 spiro atoms. The lowest BCUT2D eigenvalue weighted by Gasteiger charge is -2.08. The number of amides is 1. The van der Waals surface area contributed by atoms with Crippen LogP contribution < -0.4 is 10.9 Å². The minimum Gasteiger partial charge on any atom is -0.461 e. The van der Waals surface area contributed by atoms with Crippen molar-refractivity contribution in [1.82, 2.24) is 5.32 Å². The van der Waals surface area contributed by atoms with Gasteiger partial charge in [-0.05, 0) is 18.6 Å². The molecule has 1 amide bonds. The summed E-state index contributed by atoms with van der Waals surface area (Å²) in [4.78, 5) is 33.9. The summed E-state index contributed by atoms with van der Waals surface area (Å²) in [6.07, 6.45) is 0.0814. The first-order valence-electron chi connectivity index (χ1n) is 6.89. The lowest BCUT2D eigenvalue weighted by molar-refractivity contribution is -0.144. The molecule has 22 heavy (non-hydrogen) atoms. The van der Waals surface area contributed by atoms with Crippen LogP contribution in [0.2, 0.25) is 0 Å². The van der Waals surface area contributed by atoms with Crippen LogP contribution in [-0.4, -0.2) is 18.4 Å². The summed E-state index contributed by atoms with van der Waals surface area (Å²) in [5, 5.41) is 3.25. The molecule has 116 valence electrons. The van der Waals surface area contributed by atoms with Crippen molar-refractivity contribution in [1.29, 1.82) is 0 Å². The van der Waals surface area contributed by atoms with Crippen molar-refractivity contribution in [3.8, 4) is 0 Å². The number of hydrogen-bond acceptors (Lipinski definition) is 5. The monoisotopic (exact) mass is 303 g/mol. The minimum atomic E-state index is -0.484. The second-order valence-electron chi connectivity index (χ2n) is 4.98. The molecule has 0 aliphatic carbocycles. The molecule has 0 atom stereocenters. The van der Waals surface area contributed by atoms with Crippen molar-refractivity contribution in [2.45, 2.75) is 26.9 Å². The van der Waals surface area contributed by atoms with Crippen LogP contribution >= 0.6 is 0 Å². The van der Waals surface area contributed by atoms with E-state index in [0.29, 0.717) is 11.1 Å². The van der Waals surface area contributed by atoms with Gasteiger partial charge in [0, 0.05) is 30.5 Å². The number of carbonyl (C=O) groups is 2. The van der Waals surface area contributed by atoms with Crippen molar-refractivity contribution in [3.05, 3.63) is 45.8 Å². The minimum absolute atomic E-state index is 0.00986. The van der Waals surface area contributed by atoms with Gasteiger partial charge in [-0.2, -0.15) is 0 Å². The van der Waals surface area contributed by atoms with Crippen molar-refractivity contribution in [2.24, 2.45) is 0 Å². The van der Waals surface area contributed by atoms with E-state index in [1.54, 1.807) is 6.07 Å². The van der Waals surface area contributed by atoms with Gasteiger partial charge in [-0.25, -0.2) is 4.79 Å². The van der Waals surface area contributed by atoms with Gasteiger partial charge in [0.2, 0.25) is 5.91 Å². The zero-order chi connectivity index (χ0) is 16.1. The highest BCUT2D eigenvalue weighted by atomic mass is 16.5. The highest BCUT2D eigenvalue weighted by Gasteiger charge is 2.09. The molecule has 2 aromatic rings. The molecule has 0 bridgehead atoms. The molecule has 0 aliphatic heterocycles. The van der Waals surface area contributed by atoms with Gasteiger partial charge in [0.15, 0.2) is 0 Å². The number of aryl methyl sites for hydroxylation is 1. The molecule has 0 saturated heterocycles. The maximum absolute atomic E-state index is 11.6. The summed E-state index contributed by atoms with van der Waals surface area (Å²) in [5.41, 5.74) is 1.55. The van der Waals surface area contributed by atoms with E-state index < -0.39 is 11.6 Å². The number of nitrogens with one attached hydrogen (secondary N) is 1. The van der Waals surface area contributed by atoms with Gasteiger partial charge in [0.1, 0.15) is 12.2 Å². The average Bonchev–Trinajstić information content (AvgIpc) is 2.43. The van der Waals surface area contributed by atoms with Gasteiger partial charge < -0.3 is 14.5 Å². The molecule has 0 aliphatic rings. The summed E-state index contributed by atoms with van der Waals surface area (Å²) in [6.45, 7) is 3.49. The Bertz CT molecular complexity index is 763. The topological polar surface area (TPSA) is 85.6 Å². The smallest absolute Gasteiger partial charge is 0.336 e. The quantitative estimate of drug-likeness (QED) is 0.671. The number of esters is 1. The van der Waals surface area contributed by atoms with E-state index >= 15 is 0 Å². The summed E-state index contributed by atoms with van der Waals surface area (Å²) >= 11 is 0. The third-order valence-corrected chi connectivity index (χ3v) is 3.08. The number of hydrogen-bond donors (Lipinski definition) is 1. The summed E-state index contributed by atoms with van der Waals surface area (Å²) in [5.74, 6) is -0.642. The Kier molecular flexibility index (Phi) is 4.93. The number of benzene rings is 1. The Labute approximate surface area is 127 Å². The molecule has 6 nitrogen and oxygen atoms in total. The second-order valence-corrected chi connectivity index (χ2v) is 4.98. The van der Waals surface area contributed by atoms with E-state index in [2.05, 4.69) is 5.32 Å².